The van der Waals surface area contributed by atoms with Crippen LogP contribution in [-0.4, -0.2) is 99.6 Å². The summed E-state index contributed by atoms with van der Waals surface area (Å²) in [7, 11) is 0. The molecule has 1 aromatic heterocycles. The fraction of sp³-hybridized carbons (Fsp3) is 0.419. The van der Waals surface area contributed by atoms with Crippen LogP contribution in [0.25, 0.3) is 11.1 Å². The minimum Gasteiger partial charge on any atom is -0.478 e. The molecule has 0 aliphatic heterocycles. The summed E-state index contributed by atoms with van der Waals surface area (Å²) < 4.78 is 55.9. The van der Waals surface area contributed by atoms with E-state index >= 15 is 0 Å². The Labute approximate surface area is 248 Å². The van der Waals surface area contributed by atoms with Gasteiger partial charge in [0, 0.05) is 22.9 Å². The van der Waals surface area contributed by atoms with E-state index in [1.54, 1.807) is 24.3 Å². The van der Waals surface area contributed by atoms with Crippen LogP contribution in [-0.2, 0) is 30.1 Å². The number of aromatic carboxylic acids is 1. The number of hydrogen-bond donors (Lipinski definition) is 3. The van der Waals surface area contributed by atoms with Gasteiger partial charge in [0.25, 0.3) is 0 Å². The molecule has 0 aliphatic carbocycles. The van der Waals surface area contributed by atoms with Gasteiger partial charge in [-0.2, -0.15) is 0 Å². The highest BCUT2D eigenvalue weighted by molar-refractivity contribution is 6.14. The third-order valence-corrected chi connectivity index (χ3v) is 6.41. The van der Waals surface area contributed by atoms with Crippen molar-refractivity contribution >= 4 is 11.8 Å². The van der Waals surface area contributed by atoms with Crippen LogP contribution in [0.2, 0.25) is 0 Å². The van der Waals surface area contributed by atoms with Gasteiger partial charge < -0.3 is 38.9 Å². The third kappa shape index (κ3) is 10.3. The van der Waals surface area contributed by atoms with Crippen molar-refractivity contribution in [3.05, 3.63) is 82.2 Å². The number of aromatic nitrogens is 1. The highest BCUT2D eigenvalue weighted by Gasteiger charge is 2.27. The molecule has 0 bridgehead atoms. The topological polar surface area (TPSA) is 137 Å². The molecule has 0 fully saturated rings. The monoisotopic (exact) mass is 605 g/mol. The van der Waals surface area contributed by atoms with Crippen LogP contribution in [0, 0.1) is 18.6 Å². The first-order valence-corrected chi connectivity index (χ1v) is 13.9. The van der Waals surface area contributed by atoms with Gasteiger partial charge in [0.05, 0.1) is 83.9 Å². The Morgan fingerprint density at radius 1 is 0.721 bits per heavy atom. The van der Waals surface area contributed by atoms with Crippen molar-refractivity contribution in [3.8, 4) is 11.1 Å². The number of aliphatic hydroxyl groups excluding tert-OH is 1. The van der Waals surface area contributed by atoms with E-state index in [-0.39, 0.29) is 40.1 Å². The number of carboxylic acids is 1. The van der Waals surface area contributed by atoms with Crippen molar-refractivity contribution in [1.82, 2.24) is 4.98 Å². The predicted octanol–water partition coefficient (Wildman–Crippen LogP) is 3.82. The summed E-state index contributed by atoms with van der Waals surface area (Å²) in [6, 6.07) is 8.56. The van der Waals surface area contributed by atoms with Crippen molar-refractivity contribution in [2.24, 2.45) is 0 Å². The number of hydrogen-bond acceptors (Lipinski definition) is 8. The third-order valence-electron chi connectivity index (χ3n) is 6.41. The molecule has 1 heterocycles. The van der Waals surface area contributed by atoms with Crippen LogP contribution in [0.15, 0.2) is 42.6 Å². The quantitative estimate of drug-likeness (QED) is 0.122. The Morgan fingerprint density at radius 3 is 1.77 bits per heavy atom. The van der Waals surface area contributed by atoms with Crippen LogP contribution < -0.4 is 0 Å². The van der Waals surface area contributed by atoms with Gasteiger partial charge in [-0.3, -0.25) is 4.79 Å². The highest BCUT2D eigenvalue weighted by Crippen LogP contribution is 2.35. The molecule has 0 saturated carbocycles. The fourth-order valence-electron chi connectivity index (χ4n) is 4.19. The number of nitrogens with one attached hydrogen (secondary N) is 1. The van der Waals surface area contributed by atoms with E-state index in [1.165, 1.54) is 6.92 Å². The molecular formula is C31H37F2NO9. The van der Waals surface area contributed by atoms with E-state index in [2.05, 4.69) is 4.98 Å². The second kappa shape index (κ2) is 18.2. The number of ether oxygens (including phenoxy) is 5. The SMILES string of the molecule is Cc1c(F)ccc(F)c1-c1c(C(=O)O)c[nH]c1C(=O)c1ccc(CCOCCOCCOCCOCCOCCO)cc1. The number of carboxylic acid groups (broad SMARTS) is 1. The molecule has 12 heteroatoms. The Balaban J connectivity index is 1.40. The number of aliphatic hydroxyl groups is 1. The number of aromatic amines is 1. The molecule has 43 heavy (non-hydrogen) atoms. The number of benzene rings is 2. The molecule has 0 unspecified atom stereocenters. The number of halogens is 2. The smallest absolute Gasteiger partial charge is 0.337 e. The molecular weight excluding hydrogens is 568 g/mol. The largest absolute Gasteiger partial charge is 0.478 e. The second-order valence-corrected chi connectivity index (χ2v) is 9.35. The Bertz CT molecular complexity index is 1310. The molecule has 3 rings (SSSR count). The number of carbonyl (C=O) groups excluding carboxylic acids is 1. The van der Waals surface area contributed by atoms with Gasteiger partial charge in [-0.15, -0.1) is 0 Å². The summed E-state index contributed by atoms with van der Waals surface area (Å²) in [4.78, 5) is 27.8. The van der Waals surface area contributed by atoms with Gasteiger partial charge >= 0.3 is 5.97 Å². The Morgan fingerprint density at radius 2 is 1.23 bits per heavy atom. The number of carbonyl (C=O) groups is 2. The van der Waals surface area contributed by atoms with Crippen LogP contribution in [0.5, 0.6) is 0 Å². The summed E-state index contributed by atoms with van der Waals surface area (Å²) in [5.74, 6) is -3.47. The maximum absolute atomic E-state index is 14.8. The fourth-order valence-corrected chi connectivity index (χ4v) is 4.19. The summed E-state index contributed by atoms with van der Waals surface area (Å²) in [5, 5.41) is 18.2. The van der Waals surface area contributed by atoms with Crippen molar-refractivity contribution in [2.75, 3.05) is 72.7 Å². The maximum atomic E-state index is 14.8. The van der Waals surface area contributed by atoms with Crippen LogP contribution in [0.4, 0.5) is 8.78 Å². The zero-order valence-electron chi connectivity index (χ0n) is 24.0. The van der Waals surface area contributed by atoms with Gasteiger partial charge in [-0.25, -0.2) is 13.6 Å². The first-order chi connectivity index (χ1) is 20.8. The van der Waals surface area contributed by atoms with Gasteiger partial charge in [-0.1, -0.05) is 24.3 Å². The van der Waals surface area contributed by atoms with Gasteiger partial charge in [0.15, 0.2) is 0 Å². The Hall–Kier alpha value is -3.52. The van der Waals surface area contributed by atoms with Gasteiger partial charge in [-0.05, 0) is 36.6 Å². The summed E-state index contributed by atoms with van der Waals surface area (Å²) >= 11 is 0. The van der Waals surface area contributed by atoms with Crippen LogP contribution >= 0.6 is 0 Å². The lowest BCUT2D eigenvalue weighted by Gasteiger charge is -2.11. The molecule has 0 radical (unpaired) electrons. The lowest BCUT2D eigenvalue weighted by Crippen LogP contribution is -2.14. The zero-order chi connectivity index (χ0) is 31.0. The van der Waals surface area contributed by atoms with E-state index in [0.717, 1.165) is 23.9 Å². The normalized spacial score (nSPS) is 11.3. The van der Waals surface area contributed by atoms with Crippen LogP contribution in [0.1, 0.15) is 37.5 Å². The molecule has 2 aromatic carbocycles. The lowest BCUT2D eigenvalue weighted by molar-refractivity contribution is -0.0130. The predicted molar refractivity (Wildman–Crippen MR) is 153 cm³/mol. The number of rotatable bonds is 21. The van der Waals surface area contributed by atoms with E-state index in [9.17, 15) is 23.5 Å². The highest BCUT2D eigenvalue weighted by atomic mass is 19.1. The van der Waals surface area contributed by atoms with E-state index < -0.39 is 23.4 Å². The van der Waals surface area contributed by atoms with Crippen molar-refractivity contribution in [1.29, 1.82) is 0 Å². The summed E-state index contributed by atoms with van der Waals surface area (Å²) in [5.41, 5.74) is 0.152. The lowest BCUT2D eigenvalue weighted by atomic mass is 9.93. The summed E-state index contributed by atoms with van der Waals surface area (Å²) in [6.07, 6.45) is 1.70. The molecule has 0 amide bonds. The minimum absolute atomic E-state index is 0.00473. The molecule has 0 spiro atoms. The van der Waals surface area contributed by atoms with Crippen molar-refractivity contribution < 1.29 is 52.3 Å². The molecule has 0 saturated heterocycles. The van der Waals surface area contributed by atoms with Gasteiger partial charge in [0.2, 0.25) is 5.78 Å². The van der Waals surface area contributed by atoms with Gasteiger partial charge in [0.1, 0.15) is 11.6 Å². The average Bonchev–Trinajstić information content (AvgIpc) is 3.44. The minimum atomic E-state index is -1.37. The molecule has 10 nitrogen and oxygen atoms in total. The maximum Gasteiger partial charge on any atom is 0.337 e. The first kappa shape index (κ1) is 34.0. The van der Waals surface area contributed by atoms with Crippen LogP contribution in [0.3, 0.4) is 0 Å². The van der Waals surface area contributed by atoms with Crippen molar-refractivity contribution in [2.45, 2.75) is 13.3 Å². The molecule has 0 atom stereocenters. The number of H-pyrrole nitrogens is 1. The zero-order valence-corrected chi connectivity index (χ0v) is 24.0. The number of ketones is 1. The second-order valence-electron chi connectivity index (χ2n) is 9.35. The first-order valence-electron chi connectivity index (χ1n) is 13.9. The van der Waals surface area contributed by atoms with E-state index in [0.29, 0.717) is 72.5 Å². The van der Waals surface area contributed by atoms with E-state index in [4.69, 9.17) is 28.8 Å². The van der Waals surface area contributed by atoms with Crippen molar-refractivity contribution in [3.63, 3.8) is 0 Å². The standard InChI is InChI=1S/C31H37F2NO9/c1-21-25(32)6-7-26(33)27(21)28-24(31(37)38)20-34-29(28)30(36)23-4-2-22(3-5-23)8-10-39-12-14-41-16-18-43-19-17-42-15-13-40-11-9-35/h2-7,20,34-35H,8-19H2,1H3,(H,37,38). The Kier molecular flexibility index (Phi) is 14.4. The molecule has 234 valence electrons. The molecule has 3 aromatic rings. The average molecular weight is 606 g/mol. The summed E-state index contributed by atoms with van der Waals surface area (Å²) in [6.45, 7) is 5.54. The molecule has 3 N–H and O–H groups in total. The molecule has 0 aliphatic rings. The van der Waals surface area contributed by atoms with E-state index in [1.807, 2.05) is 0 Å².